The number of nitrogens with one attached hydrogen (secondary N) is 2. The van der Waals surface area contributed by atoms with Gasteiger partial charge in [-0.25, -0.2) is 4.98 Å². The highest BCUT2D eigenvalue weighted by molar-refractivity contribution is 7.11. The fourth-order valence-electron chi connectivity index (χ4n) is 2.61. The Labute approximate surface area is 155 Å². The fourth-order valence-corrected chi connectivity index (χ4v) is 3.40. The topological polar surface area (TPSA) is 52.5 Å². The van der Waals surface area contributed by atoms with E-state index in [4.69, 9.17) is 0 Å². The molecule has 0 saturated carbocycles. The molecular weight excluding hydrogens is 330 g/mol. The maximum atomic E-state index is 4.38. The Balaban J connectivity index is 1.65. The molecule has 0 unspecified atom stereocenters. The highest BCUT2D eigenvalue weighted by atomic mass is 32.1. The van der Waals surface area contributed by atoms with Gasteiger partial charge in [0.15, 0.2) is 5.96 Å². The fraction of sp³-hybridized carbons (Fsp3) is 0.474. The molecule has 2 N–H and O–H groups in total. The number of benzene rings is 1. The van der Waals surface area contributed by atoms with Crippen molar-refractivity contribution in [1.29, 1.82) is 0 Å². The molecule has 25 heavy (non-hydrogen) atoms. The number of thiazole rings is 1. The van der Waals surface area contributed by atoms with Crippen molar-refractivity contribution in [1.82, 2.24) is 15.6 Å². The molecule has 1 aromatic heterocycles. The van der Waals surface area contributed by atoms with Crippen molar-refractivity contribution in [3.05, 3.63) is 46.4 Å². The molecule has 1 heterocycles. The number of para-hydroxylation sites is 1. The van der Waals surface area contributed by atoms with Crippen molar-refractivity contribution >= 4 is 23.0 Å². The van der Waals surface area contributed by atoms with Crippen molar-refractivity contribution in [3.8, 4) is 0 Å². The van der Waals surface area contributed by atoms with E-state index < -0.39 is 0 Å². The third-order valence-corrected chi connectivity index (χ3v) is 4.90. The molecule has 2 aromatic rings. The van der Waals surface area contributed by atoms with Crippen LogP contribution in [0.3, 0.4) is 0 Å². The van der Waals surface area contributed by atoms with Crippen molar-refractivity contribution in [2.75, 3.05) is 38.1 Å². The van der Waals surface area contributed by atoms with Gasteiger partial charge in [0.05, 0.1) is 5.01 Å². The van der Waals surface area contributed by atoms with Crippen LogP contribution in [0.2, 0.25) is 0 Å². The van der Waals surface area contributed by atoms with Gasteiger partial charge in [-0.2, -0.15) is 0 Å². The van der Waals surface area contributed by atoms with Gasteiger partial charge in [-0.15, -0.1) is 11.3 Å². The first-order valence-corrected chi connectivity index (χ1v) is 9.70. The minimum atomic E-state index is 0.845. The van der Waals surface area contributed by atoms with Gasteiger partial charge in [-0.1, -0.05) is 18.2 Å². The van der Waals surface area contributed by atoms with Gasteiger partial charge >= 0.3 is 0 Å². The number of rotatable bonds is 9. The summed E-state index contributed by atoms with van der Waals surface area (Å²) in [7, 11) is 1.81. The molecule has 0 aliphatic carbocycles. The van der Waals surface area contributed by atoms with E-state index in [2.05, 4.69) is 69.7 Å². The van der Waals surface area contributed by atoms with Crippen LogP contribution in [0.25, 0.3) is 0 Å². The minimum Gasteiger partial charge on any atom is -0.372 e. The van der Waals surface area contributed by atoms with Crippen LogP contribution in [0.15, 0.2) is 41.5 Å². The third-order valence-electron chi connectivity index (χ3n) is 3.92. The SMILES string of the molecule is CCN(CCCNC(=NC)NCCc1ncc(C)s1)c1ccccc1. The molecule has 0 fully saturated rings. The summed E-state index contributed by atoms with van der Waals surface area (Å²) in [6.07, 6.45) is 3.92. The van der Waals surface area contributed by atoms with Crippen LogP contribution in [0.5, 0.6) is 0 Å². The smallest absolute Gasteiger partial charge is 0.190 e. The van der Waals surface area contributed by atoms with E-state index in [1.165, 1.54) is 15.6 Å². The molecule has 1 aromatic carbocycles. The van der Waals surface area contributed by atoms with Crippen LogP contribution in [0, 0.1) is 6.92 Å². The zero-order chi connectivity index (χ0) is 17.9. The molecule has 0 aliphatic heterocycles. The van der Waals surface area contributed by atoms with Gasteiger partial charge in [0.2, 0.25) is 0 Å². The normalized spacial score (nSPS) is 11.4. The molecule has 0 amide bonds. The van der Waals surface area contributed by atoms with E-state index in [0.717, 1.165) is 45.0 Å². The average Bonchev–Trinajstić information content (AvgIpc) is 3.06. The highest BCUT2D eigenvalue weighted by Crippen LogP contribution is 2.13. The van der Waals surface area contributed by atoms with Gasteiger partial charge in [0.1, 0.15) is 0 Å². The summed E-state index contributed by atoms with van der Waals surface area (Å²) in [5.74, 6) is 0.857. The van der Waals surface area contributed by atoms with E-state index in [1.54, 1.807) is 11.3 Å². The summed E-state index contributed by atoms with van der Waals surface area (Å²) < 4.78 is 0. The Morgan fingerprint density at radius 3 is 2.60 bits per heavy atom. The summed E-state index contributed by atoms with van der Waals surface area (Å²) in [6.45, 7) is 8.08. The summed E-state index contributed by atoms with van der Waals surface area (Å²) in [4.78, 5) is 12.3. The zero-order valence-corrected chi connectivity index (χ0v) is 16.3. The number of nitrogens with zero attached hydrogens (tertiary/aromatic N) is 3. The Bertz CT molecular complexity index is 638. The van der Waals surface area contributed by atoms with Gasteiger partial charge in [0, 0.05) is 56.4 Å². The minimum absolute atomic E-state index is 0.845. The highest BCUT2D eigenvalue weighted by Gasteiger charge is 2.04. The molecule has 0 aliphatic rings. The predicted octanol–water partition coefficient (Wildman–Crippen LogP) is 3.08. The largest absolute Gasteiger partial charge is 0.372 e. The number of aromatic nitrogens is 1. The maximum Gasteiger partial charge on any atom is 0.190 e. The molecule has 136 valence electrons. The lowest BCUT2D eigenvalue weighted by molar-refractivity contribution is 0.707. The number of hydrogen-bond acceptors (Lipinski definition) is 4. The van der Waals surface area contributed by atoms with Crippen molar-refractivity contribution in [2.45, 2.75) is 26.7 Å². The van der Waals surface area contributed by atoms with Crippen LogP contribution in [-0.4, -0.2) is 44.2 Å². The summed E-state index contributed by atoms with van der Waals surface area (Å²) >= 11 is 1.76. The maximum absolute atomic E-state index is 4.38. The lowest BCUT2D eigenvalue weighted by Gasteiger charge is -2.23. The molecule has 2 rings (SSSR count). The number of anilines is 1. The first-order valence-electron chi connectivity index (χ1n) is 8.88. The van der Waals surface area contributed by atoms with Gasteiger partial charge in [0.25, 0.3) is 0 Å². The second-order valence-corrected chi connectivity index (χ2v) is 7.13. The molecule has 0 spiro atoms. The van der Waals surface area contributed by atoms with E-state index >= 15 is 0 Å². The molecule has 0 saturated heterocycles. The molecule has 0 radical (unpaired) electrons. The monoisotopic (exact) mass is 359 g/mol. The second kappa shape index (κ2) is 10.7. The van der Waals surface area contributed by atoms with E-state index in [1.807, 2.05) is 13.2 Å². The first-order chi connectivity index (χ1) is 12.2. The van der Waals surface area contributed by atoms with Gasteiger partial charge in [-0.05, 0) is 32.4 Å². The molecule has 0 atom stereocenters. The second-order valence-electron chi connectivity index (χ2n) is 5.81. The number of guanidine groups is 1. The summed E-state index contributed by atoms with van der Waals surface area (Å²) in [6, 6.07) is 10.6. The van der Waals surface area contributed by atoms with Crippen molar-refractivity contribution in [3.63, 3.8) is 0 Å². The lowest BCUT2D eigenvalue weighted by Crippen LogP contribution is -2.39. The summed E-state index contributed by atoms with van der Waals surface area (Å²) in [5.41, 5.74) is 1.28. The quantitative estimate of drug-likeness (QED) is 0.410. The average molecular weight is 360 g/mol. The first kappa shape index (κ1) is 19.2. The van der Waals surface area contributed by atoms with E-state index in [0.29, 0.717) is 0 Å². The molecule has 0 bridgehead atoms. The van der Waals surface area contributed by atoms with Crippen LogP contribution in [0.1, 0.15) is 23.2 Å². The Morgan fingerprint density at radius 2 is 1.96 bits per heavy atom. The Morgan fingerprint density at radius 1 is 1.20 bits per heavy atom. The predicted molar refractivity (Wildman–Crippen MR) is 109 cm³/mol. The van der Waals surface area contributed by atoms with Gasteiger partial charge < -0.3 is 15.5 Å². The molecule has 5 nitrogen and oxygen atoms in total. The molecular formula is C19H29N5S. The van der Waals surface area contributed by atoms with Crippen molar-refractivity contribution in [2.24, 2.45) is 4.99 Å². The lowest BCUT2D eigenvalue weighted by atomic mass is 10.2. The van der Waals surface area contributed by atoms with Crippen LogP contribution in [0.4, 0.5) is 5.69 Å². The van der Waals surface area contributed by atoms with E-state index in [-0.39, 0.29) is 0 Å². The summed E-state index contributed by atoms with van der Waals surface area (Å²) in [5, 5.41) is 7.91. The third kappa shape index (κ3) is 6.74. The number of hydrogen-bond donors (Lipinski definition) is 2. The zero-order valence-electron chi connectivity index (χ0n) is 15.5. The van der Waals surface area contributed by atoms with Gasteiger partial charge in [-0.3, -0.25) is 4.99 Å². The molecule has 6 heteroatoms. The van der Waals surface area contributed by atoms with Crippen LogP contribution in [-0.2, 0) is 6.42 Å². The van der Waals surface area contributed by atoms with Crippen LogP contribution >= 0.6 is 11.3 Å². The number of aliphatic imine (C=N–C) groups is 1. The Kier molecular flexibility index (Phi) is 8.25. The Hall–Kier alpha value is -2.08. The standard InChI is InChI=1S/C19H29N5S/c1-4-24(17-9-6-5-7-10-17)14-8-12-21-19(20-3)22-13-11-18-23-15-16(2)25-18/h5-7,9-10,15H,4,8,11-14H2,1-3H3,(H2,20,21,22). The van der Waals surface area contributed by atoms with Crippen LogP contribution < -0.4 is 15.5 Å². The van der Waals surface area contributed by atoms with E-state index in [9.17, 15) is 0 Å². The number of aryl methyl sites for hydroxylation is 1. The van der Waals surface area contributed by atoms with Crippen molar-refractivity contribution < 1.29 is 0 Å².